The standard InChI is InChI=1S/C14H11F7O2/c1-13(2,3)23-7(22)5-4-6-9(15)11(17)8(14(19,20)21)12(18)10(6)16/h4-5H,1-3H3/b5-4+. The molecule has 0 aliphatic rings. The summed E-state index contributed by atoms with van der Waals surface area (Å²) in [7, 11) is 0. The predicted molar refractivity (Wildman–Crippen MR) is 66.2 cm³/mol. The van der Waals surface area contributed by atoms with Gasteiger partial charge in [-0.1, -0.05) is 0 Å². The van der Waals surface area contributed by atoms with E-state index < -0.39 is 52.1 Å². The zero-order valence-electron chi connectivity index (χ0n) is 12.1. The van der Waals surface area contributed by atoms with Crippen LogP contribution in [0.5, 0.6) is 0 Å². The van der Waals surface area contributed by atoms with Crippen molar-refractivity contribution in [3.63, 3.8) is 0 Å². The molecule has 1 aromatic carbocycles. The third-order valence-electron chi connectivity index (χ3n) is 2.37. The molecule has 1 aromatic rings. The molecule has 2 nitrogen and oxygen atoms in total. The Morgan fingerprint density at radius 1 is 0.913 bits per heavy atom. The third kappa shape index (κ3) is 4.46. The Morgan fingerprint density at radius 2 is 1.35 bits per heavy atom. The van der Waals surface area contributed by atoms with Crippen LogP contribution in [0.25, 0.3) is 6.08 Å². The van der Waals surface area contributed by atoms with Crippen LogP contribution in [0.4, 0.5) is 30.7 Å². The average molecular weight is 344 g/mol. The molecular formula is C14H11F7O2. The summed E-state index contributed by atoms with van der Waals surface area (Å²) >= 11 is 0. The van der Waals surface area contributed by atoms with Crippen LogP contribution < -0.4 is 0 Å². The van der Waals surface area contributed by atoms with Crippen LogP contribution in [0, 0.1) is 23.3 Å². The lowest BCUT2D eigenvalue weighted by Crippen LogP contribution is -2.22. The Bertz CT molecular complexity index is 626. The van der Waals surface area contributed by atoms with E-state index >= 15 is 0 Å². The van der Waals surface area contributed by atoms with Gasteiger partial charge in [0.1, 0.15) is 11.2 Å². The first-order valence-corrected chi connectivity index (χ1v) is 6.10. The first kappa shape index (κ1) is 19.0. The molecular weight excluding hydrogens is 333 g/mol. The lowest BCUT2D eigenvalue weighted by molar-refractivity contribution is -0.148. The van der Waals surface area contributed by atoms with E-state index in [1.165, 1.54) is 20.8 Å². The van der Waals surface area contributed by atoms with Crippen LogP contribution in [0.1, 0.15) is 31.9 Å². The summed E-state index contributed by atoms with van der Waals surface area (Å²) in [5.74, 6) is -10.8. The number of carbonyl (C=O) groups excluding carboxylic acids is 1. The van der Waals surface area contributed by atoms with Crippen LogP contribution in [0.3, 0.4) is 0 Å². The SMILES string of the molecule is CC(C)(C)OC(=O)/C=C/c1c(F)c(F)c(C(F)(F)F)c(F)c1F. The van der Waals surface area contributed by atoms with Crippen LogP contribution in [0.15, 0.2) is 6.08 Å². The normalized spacial score (nSPS) is 12.8. The molecule has 0 saturated carbocycles. The number of esters is 1. The molecule has 0 amide bonds. The predicted octanol–water partition coefficient (Wildman–Crippen LogP) is 4.62. The fraction of sp³-hybridized carbons (Fsp3) is 0.357. The second-order valence-corrected chi connectivity index (χ2v) is 5.41. The highest BCUT2D eigenvalue weighted by Crippen LogP contribution is 2.37. The summed E-state index contributed by atoms with van der Waals surface area (Å²) in [6.07, 6.45) is -4.88. The maximum atomic E-state index is 13.5. The van der Waals surface area contributed by atoms with E-state index in [1.54, 1.807) is 0 Å². The summed E-state index contributed by atoms with van der Waals surface area (Å²) in [5.41, 5.74) is -5.09. The van der Waals surface area contributed by atoms with Crippen molar-refractivity contribution in [1.29, 1.82) is 0 Å². The molecule has 0 saturated heterocycles. The second-order valence-electron chi connectivity index (χ2n) is 5.41. The van der Waals surface area contributed by atoms with Gasteiger partial charge in [-0.25, -0.2) is 22.4 Å². The minimum absolute atomic E-state index is 0.297. The molecule has 0 aromatic heterocycles. The van der Waals surface area contributed by atoms with Gasteiger partial charge < -0.3 is 4.74 Å². The lowest BCUT2D eigenvalue weighted by Gasteiger charge is -2.18. The molecule has 0 aliphatic carbocycles. The van der Waals surface area contributed by atoms with Gasteiger partial charge in [-0.2, -0.15) is 13.2 Å². The van der Waals surface area contributed by atoms with E-state index in [0.29, 0.717) is 12.2 Å². The first-order chi connectivity index (χ1) is 10.3. The number of hydrogen-bond donors (Lipinski definition) is 0. The Hall–Kier alpha value is -2.06. The van der Waals surface area contributed by atoms with E-state index in [1.807, 2.05) is 0 Å². The highest BCUT2D eigenvalue weighted by Gasteiger charge is 2.42. The quantitative estimate of drug-likeness (QED) is 0.339. The summed E-state index contributed by atoms with van der Waals surface area (Å²) in [6, 6.07) is 0. The van der Waals surface area contributed by atoms with E-state index in [4.69, 9.17) is 4.74 Å². The van der Waals surface area contributed by atoms with E-state index in [9.17, 15) is 35.5 Å². The minimum Gasteiger partial charge on any atom is -0.457 e. The van der Waals surface area contributed by atoms with Gasteiger partial charge in [0, 0.05) is 6.08 Å². The molecule has 0 N–H and O–H groups in total. The van der Waals surface area contributed by atoms with Gasteiger partial charge in [-0.05, 0) is 26.8 Å². The van der Waals surface area contributed by atoms with Crippen LogP contribution >= 0.6 is 0 Å². The van der Waals surface area contributed by atoms with Crippen LogP contribution in [-0.4, -0.2) is 11.6 Å². The number of benzene rings is 1. The van der Waals surface area contributed by atoms with Gasteiger partial charge in [-0.15, -0.1) is 0 Å². The lowest BCUT2D eigenvalue weighted by atomic mass is 10.1. The van der Waals surface area contributed by atoms with Gasteiger partial charge >= 0.3 is 12.1 Å². The van der Waals surface area contributed by atoms with Crippen molar-refractivity contribution in [2.45, 2.75) is 32.5 Å². The Morgan fingerprint density at radius 3 is 1.70 bits per heavy atom. The van der Waals surface area contributed by atoms with Crippen molar-refractivity contribution in [3.8, 4) is 0 Å². The van der Waals surface area contributed by atoms with Crippen molar-refractivity contribution in [2.75, 3.05) is 0 Å². The third-order valence-corrected chi connectivity index (χ3v) is 2.37. The van der Waals surface area contributed by atoms with Crippen molar-refractivity contribution >= 4 is 12.0 Å². The summed E-state index contributed by atoms with van der Waals surface area (Å²) in [5, 5.41) is 0. The molecule has 0 atom stereocenters. The molecule has 9 heteroatoms. The van der Waals surface area contributed by atoms with Crippen molar-refractivity contribution in [2.24, 2.45) is 0 Å². The highest BCUT2D eigenvalue weighted by molar-refractivity contribution is 5.87. The number of ether oxygens (including phenoxy) is 1. The molecule has 0 aliphatic heterocycles. The number of alkyl halides is 3. The van der Waals surface area contributed by atoms with E-state index in [-0.39, 0.29) is 0 Å². The Labute approximate surface area is 126 Å². The summed E-state index contributed by atoms with van der Waals surface area (Å²) in [4.78, 5) is 11.3. The molecule has 0 spiro atoms. The average Bonchev–Trinajstić information content (AvgIpc) is 2.32. The van der Waals surface area contributed by atoms with E-state index in [2.05, 4.69) is 0 Å². The molecule has 0 unspecified atom stereocenters. The second kappa shape index (κ2) is 6.21. The van der Waals surface area contributed by atoms with Gasteiger partial charge in [0.2, 0.25) is 0 Å². The molecule has 0 fully saturated rings. The van der Waals surface area contributed by atoms with E-state index in [0.717, 1.165) is 0 Å². The number of rotatable bonds is 2. The smallest absolute Gasteiger partial charge is 0.422 e. The molecule has 0 heterocycles. The summed E-state index contributed by atoms with van der Waals surface area (Å²) in [6.45, 7) is 4.45. The number of halogens is 7. The molecule has 0 bridgehead atoms. The van der Waals surface area contributed by atoms with Gasteiger partial charge in [0.25, 0.3) is 0 Å². The van der Waals surface area contributed by atoms with Crippen LogP contribution in [0.2, 0.25) is 0 Å². The largest absolute Gasteiger partial charge is 0.457 e. The molecule has 128 valence electrons. The Balaban J connectivity index is 3.33. The fourth-order valence-electron chi connectivity index (χ4n) is 1.53. The van der Waals surface area contributed by atoms with Crippen molar-refractivity contribution < 1.29 is 40.3 Å². The number of hydrogen-bond acceptors (Lipinski definition) is 2. The molecule has 0 radical (unpaired) electrons. The van der Waals surface area contributed by atoms with Gasteiger partial charge in [-0.3, -0.25) is 0 Å². The number of carbonyl (C=O) groups is 1. The topological polar surface area (TPSA) is 26.3 Å². The van der Waals surface area contributed by atoms with Gasteiger partial charge in [0.05, 0.1) is 5.56 Å². The first-order valence-electron chi connectivity index (χ1n) is 6.10. The molecule has 1 rings (SSSR count). The zero-order valence-corrected chi connectivity index (χ0v) is 12.1. The minimum atomic E-state index is -5.62. The fourth-order valence-corrected chi connectivity index (χ4v) is 1.53. The monoisotopic (exact) mass is 344 g/mol. The summed E-state index contributed by atoms with van der Waals surface area (Å²) < 4.78 is 95.7. The van der Waals surface area contributed by atoms with Crippen LogP contribution in [-0.2, 0) is 15.7 Å². The van der Waals surface area contributed by atoms with Crippen molar-refractivity contribution in [1.82, 2.24) is 0 Å². The highest BCUT2D eigenvalue weighted by atomic mass is 19.4. The Kier molecular flexibility index (Phi) is 5.13. The van der Waals surface area contributed by atoms with Gasteiger partial charge in [0.15, 0.2) is 23.3 Å². The maximum absolute atomic E-state index is 13.5. The molecule has 23 heavy (non-hydrogen) atoms. The zero-order chi connectivity index (χ0) is 18.2. The van der Waals surface area contributed by atoms with Crippen molar-refractivity contribution in [3.05, 3.63) is 40.5 Å². The maximum Gasteiger partial charge on any atom is 0.422 e.